The van der Waals surface area contributed by atoms with E-state index in [2.05, 4.69) is 10.3 Å². The molecule has 0 radical (unpaired) electrons. The fourth-order valence-corrected chi connectivity index (χ4v) is 3.54. The number of hydrogen-bond donors (Lipinski definition) is 1. The Kier molecular flexibility index (Phi) is 5.13. The lowest BCUT2D eigenvalue weighted by molar-refractivity contribution is 0.213. The average molecular weight is 312 g/mol. The molecule has 2 fully saturated rings. The van der Waals surface area contributed by atoms with Crippen LogP contribution in [0, 0.1) is 11.8 Å². The standard InChI is InChI=1S/C14H24N4O2S/c1-17(2)12(16-14(20)21-4)18(3)13(19)15-11-8-9-5-6-10(11)7-9/h9-11H,5-8H2,1-4H3,(H,15,19). The third kappa shape index (κ3) is 3.70. The molecule has 1 N–H and O–H groups in total. The number of aliphatic imine (C=N–C) groups is 1. The van der Waals surface area contributed by atoms with Gasteiger partial charge in [0, 0.05) is 27.2 Å². The van der Waals surface area contributed by atoms with Crippen molar-refractivity contribution in [2.75, 3.05) is 27.4 Å². The molecule has 0 aliphatic heterocycles. The summed E-state index contributed by atoms with van der Waals surface area (Å²) in [5, 5.41) is 2.79. The molecule has 3 unspecified atom stereocenters. The number of amides is 3. The van der Waals surface area contributed by atoms with E-state index in [9.17, 15) is 9.59 Å². The van der Waals surface area contributed by atoms with Gasteiger partial charge in [-0.25, -0.2) is 4.79 Å². The number of carbonyl (C=O) groups excluding carboxylic acids is 2. The smallest absolute Gasteiger partial charge is 0.324 e. The second-order valence-electron chi connectivity index (χ2n) is 6.07. The van der Waals surface area contributed by atoms with Gasteiger partial charge in [-0.05, 0) is 37.4 Å². The predicted octanol–water partition coefficient (Wildman–Crippen LogP) is 2.22. The number of thioether (sulfide) groups is 1. The summed E-state index contributed by atoms with van der Waals surface area (Å²) in [5.74, 6) is 1.76. The van der Waals surface area contributed by atoms with E-state index in [0.29, 0.717) is 11.9 Å². The third-order valence-electron chi connectivity index (χ3n) is 4.42. The molecule has 2 bridgehead atoms. The molecular formula is C14H24N4O2S. The first kappa shape index (κ1) is 16.1. The van der Waals surface area contributed by atoms with Gasteiger partial charge >= 0.3 is 11.3 Å². The molecule has 3 atom stereocenters. The van der Waals surface area contributed by atoms with Gasteiger partial charge in [-0.2, -0.15) is 4.99 Å². The highest BCUT2D eigenvalue weighted by atomic mass is 32.2. The van der Waals surface area contributed by atoms with Crippen LogP contribution >= 0.6 is 11.8 Å². The van der Waals surface area contributed by atoms with Gasteiger partial charge in [0.2, 0.25) is 5.96 Å². The molecule has 2 saturated carbocycles. The van der Waals surface area contributed by atoms with E-state index in [1.54, 1.807) is 32.3 Å². The first-order valence-electron chi connectivity index (χ1n) is 7.30. The van der Waals surface area contributed by atoms with E-state index in [1.807, 2.05) is 0 Å². The lowest BCUT2D eigenvalue weighted by Gasteiger charge is -2.28. The summed E-state index contributed by atoms with van der Waals surface area (Å²) >= 11 is 1.03. The van der Waals surface area contributed by atoms with Gasteiger partial charge in [-0.15, -0.1) is 0 Å². The zero-order valence-corrected chi connectivity index (χ0v) is 13.9. The molecule has 7 heteroatoms. The SMILES string of the molecule is CSC(=O)N=C(N(C)C)N(C)C(=O)NC1CC2CCC1C2. The Morgan fingerprint density at radius 2 is 1.90 bits per heavy atom. The summed E-state index contributed by atoms with van der Waals surface area (Å²) in [4.78, 5) is 30.9. The number of nitrogens with zero attached hydrogens (tertiary/aromatic N) is 3. The summed E-state index contributed by atoms with van der Waals surface area (Å²) in [6, 6.07) is 0.0901. The van der Waals surface area contributed by atoms with Crippen LogP contribution in [-0.2, 0) is 0 Å². The fourth-order valence-electron chi connectivity index (χ4n) is 3.37. The van der Waals surface area contributed by atoms with Crippen LogP contribution in [-0.4, -0.2) is 60.5 Å². The minimum Gasteiger partial charge on any atom is -0.348 e. The van der Waals surface area contributed by atoms with Gasteiger partial charge in [-0.1, -0.05) is 18.2 Å². The lowest BCUT2D eigenvalue weighted by atomic mass is 9.95. The molecule has 2 aliphatic rings. The van der Waals surface area contributed by atoms with Crippen molar-refractivity contribution in [3.63, 3.8) is 0 Å². The highest BCUT2D eigenvalue weighted by Crippen LogP contribution is 2.44. The maximum Gasteiger partial charge on any atom is 0.324 e. The Balaban J connectivity index is 1.99. The molecule has 118 valence electrons. The number of rotatable bonds is 1. The number of carbonyl (C=O) groups is 2. The van der Waals surface area contributed by atoms with Gasteiger partial charge < -0.3 is 10.2 Å². The van der Waals surface area contributed by atoms with Crippen LogP contribution in [0.4, 0.5) is 9.59 Å². The highest BCUT2D eigenvalue weighted by Gasteiger charge is 2.40. The number of urea groups is 1. The van der Waals surface area contributed by atoms with Gasteiger partial charge in [0.25, 0.3) is 0 Å². The molecule has 0 aromatic heterocycles. The van der Waals surface area contributed by atoms with Gasteiger partial charge in [0.15, 0.2) is 0 Å². The minimum atomic E-state index is -0.307. The van der Waals surface area contributed by atoms with E-state index >= 15 is 0 Å². The molecule has 3 amide bonds. The molecule has 2 aliphatic carbocycles. The van der Waals surface area contributed by atoms with Gasteiger partial charge in [-0.3, -0.25) is 9.69 Å². The molecule has 21 heavy (non-hydrogen) atoms. The van der Waals surface area contributed by atoms with E-state index < -0.39 is 0 Å². The third-order valence-corrected chi connectivity index (χ3v) is 4.86. The second-order valence-corrected chi connectivity index (χ2v) is 6.82. The summed E-state index contributed by atoms with van der Waals surface area (Å²) in [6.45, 7) is 0. The number of fused-ring (bicyclic) bond motifs is 2. The fraction of sp³-hybridized carbons (Fsp3) is 0.786. The zero-order valence-electron chi connectivity index (χ0n) is 13.1. The van der Waals surface area contributed by atoms with E-state index in [0.717, 1.165) is 24.1 Å². The van der Waals surface area contributed by atoms with E-state index in [1.165, 1.54) is 24.2 Å². The Hall–Kier alpha value is -1.24. The van der Waals surface area contributed by atoms with Gasteiger partial charge in [0.05, 0.1) is 0 Å². The van der Waals surface area contributed by atoms with Crippen LogP contribution < -0.4 is 5.32 Å². The first-order valence-corrected chi connectivity index (χ1v) is 8.53. The van der Waals surface area contributed by atoms with Crippen molar-refractivity contribution < 1.29 is 9.59 Å². The Bertz CT molecular complexity index is 452. The van der Waals surface area contributed by atoms with Gasteiger partial charge in [0.1, 0.15) is 0 Å². The molecule has 0 aromatic rings. The largest absolute Gasteiger partial charge is 0.348 e. The quantitative estimate of drug-likeness (QED) is 0.595. The van der Waals surface area contributed by atoms with Crippen LogP contribution in [0.3, 0.4) is 0 Å². The number of hydrogen-bond acceptors (Lipinski definition) is 3. The molecular weight excluding hydrogens is 288 g/mol. The Morgan fingerprint density at radius 1 is 1.19 bits per heavy atom. The molecule has 6 nitrogen and oxygen atoms in total. The molecule has 0 saturated heterocycles. The summed E-state index contributed by atoms with van der Waals surface area (Å²) in [7, 11) is 5.19. The van der Waals surface area contributed by atoms with Crippen molar-refractivity contribution in [1.82, 2.24) is 15.1 Å². The van der Waals surface area contributed by atoms with Crippen molar-refractivity contribution >= 4 is 29.0 Å². The first-order chi connectivity index (χ1) is 9.92. The van der Waals surface area contributed by atoms with Crippen molar-refractivity contribution in [3.8, 4) is 0 Å². The number of guanidine groups is 1. The van der Waals surface area contributed by atoms with Crippen LogP contribution in [0.15, 0.2) is 4.99 Å². The molecule has 0 aromatic carbocycles. The second kappa shape index (κ2) is 6.68. The van der Waals surface area contributed by atoms with Crippen LogP contribution in [0.1, 0.15) is 25.7 Å². The van der Waals surface area contributed by atoms with Crippen molar-refractivity contribution in [3.05, 3.63) is 0 Å². The summed E-state index contributed by atoms with van der Waals surface area (Å²) in [5.41, 5.74) is 0. The topological polar surface area (TPSA) is 65.0 Å². The summed E-state index contributed by atoms with van der Waals surface area (Å²) in [6.07, 6.45) is 6.53. The molecule has 0 heterocycles. The maximum atomic E-state index is 12.4. The predicted molar refractivity (Wildman–Crippen MR) is 85.6 cm³/mol. The maximum absolute atomic E-state index is 12.4. The van der Waals surface area contributed by atoms with Crippen molar-refractivity contribution in [2.24, 2.45) is 16.8 Å². The summed E-state index contributed by atoms with van der Waals surface area (Å²) < 4.78 is 0. The lowest BCUT2D eigenvalue weighted by Crippen LogP contribution is -2.50. The Morgan fingerprint density at radius 3 is 2.38 bits per heavy atom. The Labute approximate surface area is 130 Å². The average Bonchev–Trinajstić information content (AvgIpc) is 3.05. The highest BCUT2D eigenvalue weighted by molar-refractivity contribution is 8.13. The molecule has 2 rings (SSSR count). The monoisotopic (exact) mass is 312 g/mol. The minimum absolute atomic E-state index is 0.186. The van der Waals surface area contributed by atoms with Crippen molar-refractivity contribution in [2.45, 2.75) is 31.7 Å². The number of nitrogens with one attached hydrogen (secondary N) is 1. The zero-order chi connectivity index (χ0) is 15.6. The van der Waals surface area contributed by atoms with Crippen LogP contribution in [0.5, 0.6) is 0 Å². The van der Waals surface area contributed by atoms with Crippen molar-refractivity contribution in [1.29, 1.82) is 0 Å². The van der Waals surface area contributed by atoms with E-state index in [4.69, 9.17) is 0 Å². The van der Waals surface area contributed by atoms with Crippen LogP contribution in [0.2, 0.25) is 0 Å². The van der Waals surface area contributed by atoms with Crippen LogP contribution in [0.25, 0.3) is 0 Å². The molecule has 0 spiro atoms. The normalized spacial score (nSPS) is 27.6. The van der Waals surface area contributed by atoms with E-state index in [-0.39, 0.29) is 17.3 Å².